The van der Waals surface area contributed by atoms with Gasteiger partial charge in [-0.1, -0.05) is 11.6 Å². The van der Waals surface area contributed by atoms with Crippen molar-refractivity contribution in [1.82, 2.24) is 4.98 Å². The smallest absolute Gasteiger partial charge is 0.423 e. The predicted octanol–water partition coefficient (Wildman–Crippen LogP) is 0.0316. The average molecular weight is 185 g/mol. The minimum absolute atomic E-state index is 0.280. The van der Waals surface area contributed by atoms with Crippen LogP contribution in [0.3, 0.4) is 0 Å². The van der Waals surface area contributed by atoms with Gasteiger partial charge in [0.15, 0.2) is 0 Å². The maximum atomic E-state index is 8.91. The molecule has 1 heterocycles. The first-order chi connectivity index (χ1) is 5.52. The molecule has 0 saturated carbocycles. The second-order valence-corrected chi connectivity index (χ2v) is 3.03. The zero-order chi connectivity index (χ0) is 9.30. The summed E-state index contributed by atoms with van der Waals surface area (Å²) in [6, 6.07) is 1.60. The van der Waals surface area contributed by atoms with Crippen LogP contribution in [0.1, 0.15) is 11.4 Å². The van der Waals surface area contributed by atoms with Crippen LogP contribution in [-0.4, -0.2) is 22.2 Å². The molecule has 1 aromatic heterocycles. The van der Waals surface area contributed by atoms with Crippen molar-refractivity contribution in [3.8, 4) is 0 Å². The quantitative estimate of drug-likeness (QED) is 0.607. The van der Waals surface area contributed by atoms with Gasteiger partial charge in [-0.25, -0.2) is 0 Å². The molecule has 0 fully saturated rings. The minimum Gasteiger partial charge on any atom is -0.423 e. The van der Waals surface area contributed by atoms with Crippen molar-refractivity contribution < 1.29 is 10.0 Å². The van der Waals surface area contributed by atoms with Gasteiger partial charge in [0.25, 0.3) is 0 Å². The van der Waals surface area contributed by atoms with Crippen molar-refractivity contribution >= 4 is 24.2 Å². The van der Waals surface area contributed by atoms with Gasteiger partial charge >= 0.3 is 7.12 Å². The van der Waals surface area contributed by atoms with Crippen molar-refractivity contribution in [2.75, 3.05) is 0 Å². The first kappa shape index (κ1) is 9.51. The van der Waals surface area contributed by atoms with Crippen molar-refractivity contribution in [3.05, 3.63) is 22.5 Å². The Morgan fingerprint density at radius 3 is 2.42 bits per heavy atom. The summed E-state index contributed by atoms with van der Waals surface area (Å²) in [5, 5.41) is 18.2. The summed E-state index contributed by atoms with van der Waals surface area (Å²) in [4.78, 5) is 4.05. The van der Waals surface area contributed by atoms with Crippen LogP contribution in [0.4, 0.5) is 0 Å². The van der Waals surface area contributed by atoms with E-state index in [2.05, 4.69) is 4.98 Å². The van der Waals surface area contributed by atoms with Gasteiger partial charge in [-0.05, 0) is 19.9 Å². The molecule has 0 aromatic carbocycles. The lowest BCUT2D eigenvalue weighted by Crippen LogP contribution is -2.34. The third-order valence-corrected chi connectivity index (χ3v) is 1.90. The second-order valence-electron chi connectivity index (χ2n) is 2.62. The molecule has 2 N–H and O–H groups in total. The highest BCUT2D eigenvalue weighted by Gasteiger charge is 2.18. The summed E-state index contributed by atoms with van der Waals surface area (Å²) in [6.07, 6.45) is 0. The van der Waals surface area contributed by atoms with Gasteiger partial charge in [0, 0.05) is 21.9 Å². The molecular weight excluding hydrogens is 176 g/mol. The molecule has 5 heteroatoms. The van der Waals surface area contributed by atoms with Gasteiger partial charge in [0.05, 0.1) is 0 Å². The SMILES string of the molecule is Cc1cc(Cl)c(B(O)O)c(C)n1. The third kappa shape index (κ3) is 1.77. The lowest BCUT2D eigenvalue weighted by atomic mass is 9.79. The summed E-state index contributed by atoms with van der Waals surface area (Å²) >= 11 is 5.77. The molecule has 1 rings (SSSR count). The first-order valence-corrected chi connectivity index (χ1v) is 3.90. The molecule has 12 heavy (non-hydrogen) atoms. The monoisotopic (exact) mass is 185 g/mol. The topological polar surface area (TPSA) is 53.4 Å². The fraction of sp³-hybridized carbons (Fsp3) is 0.286. The van der Waals surface area contributed by atoms with E-state index in [0.29, 0.717) is 10.7 Å². The van der Waals surface area contributed by atoms with E-state index in [9.17, 15) is 0 Å². The van der Waals surface area contributed by atoms with E-state index < -0.39 is 7.12 Å². The Hall–Kier alpha value is -0.575. The van der Waals surface area contributed by atoms with Gasteiger partial charge in [-0.3, -0.25) is 4.98 Å². The van der Waals surface area contributed by atoms with E-state index in [4.69, 9.17) is 21.6 Å². The van der Waals surface area contributed by atoms with Crippen molar-refractivity contribution in [2.45, 2.75) is 13.8 Å². The molecule has 3 nitrogen and oxygen atoms in total. The van der Waals surface area contributed by atoms with Gasteiger partial charge in [-0.15, -0.1) is 0 Å². The number of hydrogen-bond acceptors (Lipinski definition) is 3. The number of rotatable bonds is 1. The number of aryl methyl sites for hydroxylation is 2. The summed E-state index contributed by atoms with van der Waals surface area (Å²) in [7, 11) is -1.55. The molecule has 0 radical (unpaired) electrons. The van der Waals surface area contributed by atoms with Crippen LogP contribution in [0.25, 0.3) is 0 Å². The number of halogens is 1. The van der Waals surface area contributed by atoms with E-state index in [0.717, 1.165) is 5.69 Å². The van der Waals surface area contributed by atoms with Crippen LogP contribution in [0, 0.1) is 13.8 Å². The third-order valence-electron chi connectivity index (χ3n) is 1.58. The van der Waals surface area contributed by atoms with E-state index in [1.165, 1.54) is 0 Å². The normalized spacial score (nSPS) is 10.1. The van der Waals surface area contributed by atoms with Gasteiger partial charge in [-0.2, -0.15) is 0 Å². The molecule has 0 atom stereocenters. The van der Waals surface area contributed by atoms with Crippen molar-refractivity contribution in [2.24, 2.45) is 0 Å². The summed E-state index contributed by atoms with van der Waals surface area (Å²) in [6.45, 7) is 3.49. The maximum absolute atomic E-state index is 8.91. The fourth-order valence-corrected chi connectivity index (χ4v) is 1.49. The van der Waals surface area contributed by atoms with E-state index in [-0.39, 0.29) is 5.46 Å². The van der Waals surface area contributed by atoms with E-state index in [1.54, 1.807) is 19.9 Å². The minimum atomic E-state index is -1.55. The van der Waals surface area contributed by atoms with Crippen LogP contribution < -0.4 is 5.46 Å². The molecule has 0 aliphatic rings. The standard InChI is InChI=1S/C7H9BClNO2/c1-4-3-6(9)7(8(11)12)5(2)10-4/h3,11-12H,1-2H3. The van der Waals surface area contributed by atoms with Gasteiger partial charge in [0.2, 0.25) is 0 Å². The molecule has 0 amide bonds. The number of aromatic nitrogens is 1. The molecule has 64 valence electrons. The highest BCUT2D eigenvalue weighted by Crippen LogP contribution is 2.08. The second kappa shape index (κ2) is 3.43. The Bertz CT molecular complexity index is 280. The Labute approximate surface area is 76.2 Å². The lowest BCUT2D eigenvalue weighted by Gasteiger charge is -2.06. The molecule has 0 aliphatic carbocycles. The first-order valence-electron chi connectivity index (χ1n) is 3.52. The molecule has 0 unspecified atom stereocenters. The number of pyridine rings is 1. The zero-order valence-electron chi connectivity index (χ0n) is 6.87. The van der Waals surface area contributed by atoms with Crippen LogP contribution in [0.15, 0.2) is 6.07 Å². The number of nitrogens with zero attached hydrogens (tertiary/aromatic N) is 1. The fourth-order valence-electron chi connectivity index (χ4n) is 1.10. The molecule has 0 spiro atoms. The molecule has 0 bridgehead atoms. The number of hydrogen-bond donors (Lipinski definition) is 2. The Balaban J connectivity index is 3.28. The highest BCUT2D eigenvalue weighted by atomic mass is 35.5. The average Bonchev–Trinajstić information content (AvgIpc) is 1.82. The largest absolute Gasteiger partial charge is 0.491 e. The molecule has 1 aromatic rings. The summed E-state index contributed by atoms with van der Waals surface area (Å²) in [5.74, 6) is 0. The Morgan fingerprint density at radius 2 is 2.00 bits per heavy atom. The van der Waals surface area contributed by atoms with Crippen molar-refractivity contribution in [1.29, 1.82) is 0 Å². The van der Waals surface area contributed by atoms with Crippen LogP contribution in [0.5, 0.6) is 0 Å². The summed E-state index contributed by atoms with van der Waals surface area (Å²) in [5.41, 5.74) is 1.60. The predicted molar refractivity (Wildman–Crippen MR) is 48.5 cm³/mol. The van der Waals surface area contributed by atoms with Gasteiger partial charge < -0.3 is 10.0 Å². The van der Waals surface area contributed by atoms with Crippen molar-refractivity contribution in [3.63, 3.8) is 0 Å². The zero-order valence-corrected chi connectivity index (χ0v) is 7.63. The van der Waals surface area contributed by atoms with E-state index >= 15 is 0 Å². The lowest BCUT2D eigenvalue weighted by molar-refractivity contribution is 0.425. The summed E-state index contributed by atoms with van der Waals surface area (Å²) < 4.78 is 0. The Morgan fingerprint density at radius 1 is 1.42 bits per heavy atom. The molecular formula is C7H9BClNO2. The molecule has 0 aliphatic heterocycles. The molecule has 0 saturated heterocycles. The van der Waals surface area contributed by atoms with Gasteiger partial charge in [0.1, 0.15) is 0 Å². The van der Waals surface area contributed by atoms with Crippen LogP contribution >= 0.6 is 11.6 Å². The Kier molecular flexibility index (Phi) is 2.72. The van der Waals surface area contributed by atoms with Crippen LogP contribution in [0.2, 0.25) is 5.02 Å². The van der Waals surface area contributed by atoms with E-state index in [1.807, 2.05) is 0 Å². The highest BCUT2D eigenvalue weighted by molar-refractivity contribution is 6.63. The maximum Gasteiger partial charge on any atom is 0.491 e. The van der Waals surface area contributed by atoms with Crippen LogP contribution in [-0.2, 0) is 0 Å².